The van der Waals surface area contributed by atoms with Crippen LogP contribution in [0.3, 0.4) is 0 Å². The van der Waals surface area contributed by atoms with Crippen LogP contribution in [0.1, 0.15) is 44.7 Å². The van der Waals surface area contributed by atoms with Gasteiger partial charge in [0, 0.05) is 31.5 Å². The van der Waals surface area contributed by atoms with Crippen molar-refractivity contribution in [3.8, 4) is 5.75 Å². The smallest absolute Gasteiger partial charge is 0.243 e. The number of carbonyl (C=O) groups is 2. The zero-order chi connectivity index (χ0) is 30.0. The second-order valence-electron chi connectivity index (χ2n) is 11.1. The summed E-state index contributed by atoms with van der Waals surface area (Å²) in [4.78, 5) is 29.1. The van der Waals surface area contributed by atoms with Crippen LogP contribution in [0.5, 0.6) is 5.75 Å². The third kappa shape index (κ3) is 9.93. The molecule has 0 bridgehead atoms. The Bertz CT molecular complexity index is 1370. The maximum Gasteiger partial charge on any atom is 0.243 e. The van der Waals surface area contributed by atoms with E-state index in [4.69, 9.17) is 4.74 Å². The minimum absolute atomic E-state index is 0.0725. The number of rotatable bonds is 13. The first-order chi connectivity index (χ1) is 19.4. The molecule has 8 nitrogen and oxygen atoms in total. The van der Waals surface area contributed by atoms with Crippen molar-refractivity contribution in [3.05, 3.63) is 96.1 Å². The summed E-state index contributed by atoms with van der Waals surface area (Å²) in [7, 11) is -2.05. The molecule has 1 atom stereocenters. The molecule has 3 aromatic carbocycles. The molecule has 0 radical (unpaired) electrons. The molecule has 41 heavy (non-hydrogen) atoms. The number of sulfonamides is 1. The second kappa shape index (κ2) is 14.2. The van der Waals surface area contributed by atoms with Crippen molar-refractivity contribution in [2.24, 2.45) is 0 Å². The van der Waals surface area contributed by atoms with Gasteiger partial charge in [-0.3, -0.25) is 13.9 Å². The molecule has 0 fully saturated rings. The molecule has 0 aliphatic carbocycles. The zero-order valence-electron chi connectivity index (χ0n) is 24.5. The molecule has 3 rings (SSSR count). The number of nitrogens with one attached hydrogen (secondary N) is 1. The van der Waals surface area contributed by atoms with Gasteiger partial charge in [-0.25, -0.2) is 8.42 Å². The van der Waals surface area contributed by atoms with Gasteiger partial charge in [0.25, 0.3) is 0 Å². The molecule has 220 valence electrons. The first-order valence-corrected chi connectivity index (χ1v) is 15.5. The number of nitrogens with zero attached hydrogens (tertiary/aromatic N) is 2. The molecule has 1 N–H and O–H groups in total. The SMILES string of the molecule is COc1ccc(N(CCCC(=O)N(Cc2ccccc2)[C@@H](Cc2ccccc2)C(=O)NC(C)(C)C)S(C)(=O)=O)cc1. The summed E-state index contributed by atoms with van der Waals surface area (Å²) < 4.78 is 31.7. The van der Waals surface area contributed by atoms with Crippen LogP contribution in [0, 0.1) is 0 Å². The van der Waals surface area contributed by atoms with E-state index < -0.39 is 21.6 Å². The third-order valence-electron chi connectivity index (χ3n) is 6.48. The molecule has 0 saturated heterocycles. The fourth-order valence-electron chi connectivity index (χ4n) is 4.54. The van der Waals surface area contributed by atoms with E-state index in [2.05, 4.69) is 5.32 Å². The predicted octanol–water partition coefficient (Wildman–Crippen LogP) is 4.80. The molecule has 0 aliphatic heterocycles. The van der Waals surface area contributed by atoms with Crippen LogP contribution < -0.4 is 14.4 Å². The lowest BCUT2D eigenvalue weighted by Gasteiger charge is -2.34. The molecular weight excluding hydrogens is 538 g/mol. The maximum atomic E-state index is 13.9. The minimum atomic E-state index is -3.59. The highest BCUT2D eigenvalue weighted by molar-refractivity contribution is 7.92. The van der Waals surface area contributed by atoms with Crippen molar-refractivity contribution in [1.82, 2.24) is 10.2 Å². The van der Waals surface area contributed by atoms with Gasteiger partial charge in [0.05, 0.1) is 19.1 Å². The lowest BCUT2D eigenvalue weighted by molar-refractivity contribution is -0.142. The summed E-state index contributed by atoms with van der Waals surface area (Å²) >= 11 is 0. The number of anilines is 1. The van der Waals surface area contributed by atoms with Crippen LogP contribution in [0.4, 0.5) is 5.69 Å². The van der Waals surface area contributed by atoms with Crippen molar-refractivity contribution in [2.75, 3.05) is 24.2 Å². The molecule has 0 heterocycles. The maximum absolute atomic E-state index is 13.9. The average Bonchev–Trinajstić information content (AvgIpc) is 2.92. The molecule has 0 aromatic heterocycles. The van der Waals surface area contributed by atoms with Crippen LogP contribution in [0.25, 0.3) is 0 Å². The summed E-state index contributed by atoms with van der Waals surface area (Å²) in [6.45, 7) is 6.10. The largest absolute Gasteiger partial charge is 0.497 e. The molecule has 0 spiro atoms. The van der Waals surface area contributed by atoms with Crippen LogP contribution in [0.2, 0.25) is 0 Å². The highest BCUT2D eigenvalue weighted by Crippen LogP contribution is 2.23. The van der Waals surface area contributed by atoms with E-state index in [1.54, 1.807) is 36.3 Å². The Kier molecular flexibility index (Phi) is 10.9. The molecular formula is C32H41N3O5S. The molecule has 0 aliphatic rings. The van der Waals surface area contributed by atoms with Gasteiger partial charge in [0.1, 0.15) is 11.8 Å². The van der Waals surface area contributed by atoms with Crippen LogP contribution >= 0.6 is 0 Å². The van der Waals surface area contributed by atoms with Crippen LogP contribution in [-0.4, -0.2) is 56.6 Å². The van der Waals surface area contributed by atoms with Gasteiger partial charge in [-0.1, -0.05) is 60.7 Å². The third-order valence-corrected chi connectivity index (χ3v) is 7.67. The monoisotopic (exact) mass is 579 g/mol. The number of benzene rings is 3. The van der Waals surface area contributed by atoms with Crippen LogP contribution in [-0.2, 0) is 32.6 Å². The molecule has 0 saturated carbocycles. The van der Waals surface area contributed by atoms with Crippen molar-refractivity contribution in [1.29, 1.82) is 0 Å². The highest BCUT2D eigenvalue weighted by Gasteiger charge is 2.32. The summed E-state index contributed by atoms with van der Waals surface area (Å²) in [5.74, 6) is 0.163. The predicted molar refractivity (Wildman–Crippen MR) is 163 cm³/mol. The van der Waals surface area contributed by atoms with Gasteiger partial charge in [-0.2, -0.15) is 0 Å². The van der Waals surface area contributed by atoms with Gasteiger partial charge in [0.15, 0.2) is 0 Å². The van der Waals surface area contributed by atoms with E-state index in [9.17, 15) is 18.0 Å². The Balaban J connectivity index is 1.87. The van der Waals surface area contributed by atoms with Gasteiger partial charge < -0.3 is 15.0 Å². The van der Waals surface area contributed by atoms with Crippen molar-refractivity contribution in [2.45, 2.75) is 58.2 Å². The minimum Gasteiger partial charge on any atom is -0.497 e. The normalized spacial score (nSPS) is 12.3. The Morgan fingerprint density at radius 2 is 1.44 bits per heavy atom. The number of amides is 2. The lowest BCUT2D eigenvalue weighted by Crippen LogP contribution is -2.54. The van der Waals surface area contributed by atoms with Crippen molar-refractivity contribution >= 4 is 27.5 Å². The first kappa shape index (κ1) is 31.7. The summed E-state index contributed by atoms with van der Waals surface area (Å²) in [6.07, 6.45) is 1.85. The van der Waals surface area contributed by atoms with E-state index >= 15 is 0 Å². The highest BCUT2D eigenvalue weighted by atomic mass is 32.2. The number of methoxy groups -OCH3 is 1. The van der Waals surface area contributed by atoms with Gasteiger partial charge in [-0.05, 0) is 62.6 Å². The lowest BCUT2D eigenvalue weighted by atomic mass is 10.00. The topological polar surface area (TPSA) is 96.0 Å². The first-order valence-electron chi connectivity index (χ1n) is 13.7. The van der Waals surface area contributed by atoms with Gasteiger partial charge in [-0.15, -0.1) is 0 Å². The fraction of sp³-hybridized carbons (Fsp3) is 0.375. The Labute approximate surface area is 244 Å². The second-order valence-corrected chi connectivity index (χ2v) is 13.0. The molecule has 2 amide bonds. The Morgan fingerprint density at radius 3 is 1.95 bits per heavy atom. The summed E-state index contributed by atoms with van der Waals surface area (Å²) in [5.41, 5.74) is 1.85. The van der Waals surface area contributed by atoms with E-state index in [1.165, 1.54) is 4.31 Å². The quantitative estimate of drug-likeness (QED) is 0.314. The van der Waals surface area contributed by atoms with E-state index in [1.807, 2.05) is 81.4 Å². The summed E-state index contributed by atoms with van der Waals surface area (Å²) in [6, 6.07) is 25.2. The Hall–Kier alpha value is -3.85. The number of carbonyl (C=O) groups excluding carboxylic acids is 2. The van der Waals surface area contributed by atoms with Crippen molar-refractivity contribution < 1.29 is 22.7 Å². The fourth-order valence-corrected chi connectivity index (χ4v) is 5.50. The van der Waals surface area contributed by atoms with Gasteiger partial charge >= 0.3 is 0 Å². The van der Waals surface area contributed by atoms with Gasteiger partial charge in [0.2, 0.25) is 21.8 Å². The number of hydrogen-bond acceptors (Lipinski definition) is 5. The van der Waals surface area contributed by atoms with E-state index in [-0.39, 0.29) is 37.7 Å². The standard InChI is InChI=1S/C32H41N3O5S/c1-32(2,3)33-31(37)29(23-25-13-8-6-9-14-25)34(24-26-15-10-7-11-16-26)30(36)17-12-22-35(41(5,38)39)27-18-20-28(40-4)21-19-27/h6-11,13-16,18-21,29H,12,17,22-24H2,1-5H3,(H,33,37)/t29-/m0/s1. The Morgan fingerprint density at radius 1 is 0.878 bits per heavy atom. The molecule has 9 heteroatoms. The average molecular weight is 580 g/mol. The zero-order valence-corrected chi connectivity index (χ0v) is 25.4. The van der Waals surface area contributed by atoms with E-state index in [0.717, 1.165) is 17.4 Å². The molecule has 0 unspecified atom stereocenters. The number of hydrogen-bond donors (Lipinski definition) is 1. The van der Waals surface area contributed by atoms with E-state index in [0.29, 0.717) is 17.9 Å². The number of ether oxygens (including phenoxy) is 1. The summed E-state index contributed by atoms with van der Waals surface area (Å²) in [5, 5.41) is 3.06. The van der Waals surface area contributed by atoms with Crippen molar-refractivity contribution in [3.63, 3.8) is 0 Å². The molecule has 3 aromatic rings. The van der Waals surface area contributed by atoms with Crippen LogP contribution in [0.15, 0.2) is 84.9 Å².